The minimum atomic E-state index is 0.373. The van der Waals surface area contributed by atoms with Crippen LogP contribution in [0.5, 0.6) is 0 Å². The third-order valence-corrected chi connectivity index (χ3v) is 4.33. The Morgan fingerprint density at radius 2 is 2.15 bits per heavy atom. The van der Waals surface area contributed by atoms with Gasteiger partial charge >= 0.3 is 0 Å². The van der Waals surface area contributed by atoms with Crippen LogP contribution in [0.15, 0.2) is 18.2 Å². The van der Waals surface area contributed by atoms with Gasteiger partial charge in [-0.3, -0.25) is 4.90 Å². The fourth-order valence-corrected chi connectivity index (χ4v) is 2.98. The number of nitrogens with one attached hydrogen (secondary N) is 1. The van der Waals surface area contributed by atoms with Crippen molar-refractivity contribution in [3.05, 3.63) is 35.0 Å². The van der Waals surface area contributed by atoms with Crippen molar-refractivity contribution < 1.29 is 0 Å². The second kappa shape index (κ2) is 5.28. The standard InChI is InChI=1S/C16H20N4/c1-11-12(10-20-6-4-13(18)5-7-20)2-3-16-15(11)8-14(9-17)19-16/h2-3,8,13,19H,4-7,10,18H2,1H3. The third-order valence-electron chi connectivity index (χ3n) is 4.33. The Hall–Kier alpha value is -1.83. The lowest BCUT2D eigenvalue weighted by Crippen LogP contribution is -2.39. The summed E-state index contributed by atoms with van der Waals surface area (Å²) in [6.45, 7) is 5.27. The Kier molecular flexibility index (Phi) is 3.47. The van der Waals surface area contributed by atoms with E-state index in [4.69, 9.17) is 11.0 Å². The predicted molar refractivity (Wildman–Crippen MR) is 80.2 cm³/mol. The third kappa shape index (κ3) is 2.43. The summed E-state index contributed by atoms with van der Waals surface area (Å²) in [4.78, 5) is 5.60. The Morgan fingerprint density at radius 3 is 2.85 bits per heavy atom. The number of benzene rings is 1. The summed E-state index contributed by atoms with van der Waals surface area (Å²) in [5.74, 6) is 0. The molecule has 4 nitrogen and oxygen atoms in total. The van der Waals surface area contributed by atoms with Crippen LogP contribution in [0.1, 0.15) is 29.7 Å². The van der Waals surface area contributed by atoms with Gasteiger partial charge in [-0.2, -0.15) is 5.26 Å². The molecular weight excluding hydrogens is 248 g/mol. The van der Waals surface area contributed by atoms with Crippen LogP contribution in [0.3, 0.4) is 0 Å². The van der Waals surface area contributed by atoms with Crippen molar-refractivity contribution >= 4 is 10.9 Å². The Bertz CT molecular complexity index is 657. The zero-order chi connectivity index (χ0) is 14.1. The second-order valence-corrected chi connectivity index (χ2v) is 5.72. The maximum Gasteiger partial charge on any atom is 0.118 e. The number of aromatic nitrogens is 1. The number of H-pyrrole nitrogens is 1. The molecule has 3 rings (SSSR count). The topological polar surface area (TPSA) is 68.8 Å². The van der Waals surface area contributed by atoms with E-state index in [1.165, 1.54) is 11.1 Å². The first-order valence-electron chi connectivity index (χ1n) is 7.16. The molecule has 20 heavy (non-hydrogen) atoms. The van der Waals surface area contributed by atoms with E-state index in [-0.39, 0.29) is 0 Å². The molecule has 0 unspecified atom stereocenters. The van der Waals surface area contributed by atoms with Gasteiger partial charge in [-0.15, -0.1) is 0 Å². The number of nitrogens with zero attached hydrogens (tertiary/aromatic N) is 2. The summed E-state index contributed by atoms with van der Waals surface area (Å²) >= 11 is 0. The summed E-state index contributed by atoms with van der Waals surface area (Å²) in [7, 11) is 0. The van der Waals surface area contributed by atoms with Crippen molar-refractivity contribution in [1.29, 1.82) is 5.26 Å². The van der Waals surface area contributed by atoms with Gasteiger partial charge < -0.3 is 10.7 Å². The number of fused-ring (bicyclic) bond motifs is 1. The highest BCUT2D eigenvalue weighted by molar-refractivity contribution is 5.85. The lowest BCUT2D eigenvalue weighted by Gasteiger charge is -2.30. The van der Waals surface area contributed by atoms with Crippen molar-refractivity contribution in [1.82, 2.24) is 9.88 Å². The highest BCUT2D eigenvalue weighted by Crippen LogP contribution is 2.24. The van der Waals surface area contributed by atoms with Gasteiger partial charge in [0.05, 0.1) is 0 Å². The maximum atomic E-state index is 8.98. The fourth-order valence-electron chi connectivity index (χ4n) is 2.98. The van der Waals surface area contributed by atoms with Crippen LogP contribution in [0, 0.1) is 18.3 Å². The average molecular weight is 268 g/mol. The molecule has 1 aliphatic heterocycles. The summed E-state index contributed by atoms with van der Waals surface area (Å²) in [6, 6.07) is 8.74. The number of likely N-dealkylation sites (tertiary alicyclic amines) is 1. The van der Waals surface area contributed by atoms with Gasteiger partial charge in [0.15, 0.2) is 0 Å². The largest absolute Gasteiger partial charge is 0.346 e. The number of piperidine rings is 1. The SMILES string of the molecule is Cc1c(CN2CCC(N)CC2)ccc2[nH]c(C#N)cc12. The van der Waals surface area contributed by atoms with E-state index in [0.29, 0.717) is 11.7 Å². The van der Waals surface area contributed by atoms with E-state index < -0.39 is 0 Å². The molecule has 3 N–H and O–H groups in total. The molecule has 4 heteroatoms. The molecule has 1 saturated heterocycles. The van der Waals surface area contributed by atoms with Gasteiger partial charge in [-0.25, -0.2) is 0 Å². The van der Waals surface area contributed by atoms with Crippen molar-refractivity contribution in [2.75, 3.05) is 13.1 Å². The molecule has 0 spiro atoms. The quantitative estimate of drug-likeness (QED) is 0.878. The fraction of sp³-hybridized carbons (Fsp3) is 0.438. The Morgan fingerprint density at radius 1 is 1.40 bits per heavy atom. The van der Waals surface area contributed by atoms with E-state index >= 15 is 0 Å². The van der Waals surface area contributed by atoms with Crippen LogP contribution < -0.4 is 5.73 Å². The molecule has 1 aromatic heterocycles. The summed E-state index contributed by atoms with van der Waals surface area (Å²) in [6.07, 6.45) is 2.17. The highest BCUT2D eigenvalue weighted by atomic mass is 15.1. The number of aryl methyl sites for hydroxylation is 1. The van der Waals surface area contributed by atoms with Crippen LogP contribution in [-0.2, 0) is 6.54 Å². The van der Waals surface area contributed by atoms with Crippen LogP contribution >= 0.6 is 0 Å². The highest BCUT2D eigenvalue weighted by Gasteiger charge is 2.17. The number of rotatable bonds is 2. The molecule has 2 heterocycles. The number of aromatic amines is 1. The van der Waals surface area contributed by atoms with Crippen LogP contribution in [0.4, 0.5) is 0 Å². The lowest BCUT2D eigenvalue weighted by atomic mass is 10.0. The second-order valence-electron chi connectivity index (χ2n) is 5.72. The molecule has 1 aromatic carbocycles. The van der Waals surface area contributed by atoms with Crippen molar-refractivity contribution in [2.45, 2.75) is 32.4 Å². The summed E-state index contributed by atoms with van der Waals surface area (Å²) < 4.78 is 0. The normalized spacial score (nSPS) is 17.4. The van der Waals surface area contributed by atoms with Crippen LogP contribution in [-0.4, -0.2) is 29.0 Å². The molecule has 2 aromatic rings. The molecular formula is C16H20N4. The zero-order valence-electron chi connectivity index (χ0n) is 11.8. The van der Waals surface area contributed by atoms with Gasteiger partial charge in [0, 0.05) is 23.5 Å². The molecule has 0 aliphatic carbocycles. The summed E-state index contributed by atoms with van der Waals surface area (Å²) in [5.41, 5.74) is 10.2. The number of hydrogen-bond donors (Lipinski definition) is 2. The number of nitrogens with two attached hydrogens (primary N) is 1. The van der Waals surface area contributed by atoms with Crippen LogP contribution in [0.2, 0.25) is 0 Å². The molecule has 104 valence electrons. The monoisotopic (exact) mass is 268 g/mol. The molecule has 1 fully saturated rings. The van der Waals surface area contributed by atoms with E-state index in [9.17, 15) is 0 Å². The number of nitriles is 1. The van der Waals surface area contributed by atoms with Gasteiger partial charge in [0.2, 0.25) is 0 Å². The average Bonchev–Trinajstić information content (AvgIpc) is 2.88. The first-order chi connectivity index (χ1) is 9.67. The van der Waals surface area contributed by atoms with Gasteiger partial charge in [-0.05, 0) is 56.1 Å². The maximum absolute atomic E-state index is 8.98. The van der Waals surface area contributed by atoms with E-state index in [1.54, 1.807) is 0 Å². The van der Waals surface area contributed by atoms with Crippen molar-refractivity contribution in [3.63, 3.8) is 0 Å². The predicted octanol–water partition coefficient (Wildman–Crippen LogP) is 2.27. The Labute approximate surface area is 119 Å². The molecule has 0 bridgehead atoms. The van der Waals surface area contributed by atoms with Crippen molar-refractivity contribution in [2.24, 2.45) is 5.73 Å². The minimum Gasteiger partial charge on any atom is -0.346 e. The van der Waals surface area contributed by atoms with Crippen molar-refractivity contribution in [3.8, 4) is 6.07 Å². The smallest absolute Gasteiger partial charge is 0.118 e. The molecule has 0 amide bonds. The molecule has 0 radical (unpaired) electrons. The van der Waals surface area contributed by atoms with Gasteiger partial charge in [0.25, 0.3) is 0 Å². The number of hydrogen-bond acceptors (Lipinski definition) is 3. The molecule has 1 aliphatic rings. The first-order valence-corrected chi connectivity index (χ1v) is 7.16. The summed E-state index contributed by atoms with van der Waals surface area (Å²) in [5, 5.41) is 10.1. The van der Waals surface area contributed by atoms with E-state index in [2.05, 4.69) is 35.0 Å². The molecule has 0 atom stereocenters. The van der Waals surface area contributed by atoms with E-state index in [1.807, 2.05) is 6.07 Å². The first kappa shape index (κ1) is 13.2. The van der Waals surface area contributed by atoms with Gasteiger partial charge in [-0.1, -0.05) is 6.07 Å². The van der Waals surface area contributed by atoms with E-state index in [0.717, 1.165) is 43.4 Å². The van der Waals surface area contributed by atoms with Crippen LogP contribution in [0.25, 0.3) is 10.9 Å². The van der Waals surface area contributed by atoms with Gasteiger partial charge in [0.1, 0.15) is 11.8 Å². The lowest BCUT2D eigenvalue weighted by molar-refractivity contribution is 0.205. The molecule has 0 saturated carbocycles. The Balaban J connectivity index is 1.85. The zero-order valence-corrected chi connectivity index (χ0v) is 11.8. The minimum absolute atomic E-state index is 0.373.